The van der Waals surface area contributed by atoms with Crippen LogP contribution in [0.3, 0.4) is 0 Å². The van der Waals surface area contributed by atoms with Crippen molar-refractivity contribution in [1.82, 2.24) is 14.1 Å². The number of carbonyl (C=O) groups excluding carboxylic acids is 1. The third kappa shape index (κ3) is 7.21. The number of hydrogen-bond donors (Lipinski definition) is 0. The first-order chi connectivity index (χ1) is 18.3. The lowest BCUT2D eigenvalue weighted by atomic mass is 9.76. The summed E-state index contributed by atoms with van der Waals surface area (Å²) in [6.45, 7) is 12.7. The van der Waals surface area contributed by atoms with Crippen LogP contribution in [0.25, 0.3) is 0 Å². The van der Waals surface area contributed by atoms with E-state index >= 15 is 0 Å². The maximum atomic E-state index is 13.3. The normalized spacial score (nSPS) is 19.8. The van der Waals surface area contributed by atoms with E-state index in [0.29, 0.717) is 11.4 Å². The first-order valence-corrected chi connectivity index (χ1v) is 15.5. The Hall–Kier alpha value is -2.42. The third-order valence-corrected chi connectivity index (χ3v) is 10.3. The molecule has 2 aliphatic rings. The van der Waals surface area contributed by atoms with Gasteiger partial charge in [-0.2, -0.15) is 0 Å². The molecule has 0 unspecified atom stereocenters. The summed E-state index contributed by atoms with van der Waals surface area (Å²) in [5, 5.41) is 0. The Labute approximate surface area is 235 Å². The molecule has 0 aromatic heterocycles. The molecule has 1 amide bonds. The van der Waals surface area contributed by atoms with Crippen LogP contribution in [0.5, 0.6) is 0 Å². The number of carbonyl (C=O) groups is 1. The number of benzene rings is 2. The summed E-state index contributed by atoms with van der Waals surface area (Å²) in [6.07, 6.45) is 3.81. The van der Waals surface area contributed by atoms with Gasteiger partial charge >= 0.3 is 6.09 Å². The van der Waals surface area contributed by atoms with Gasteiger partial charge in [-0.25, -0.2) is 17.5 Å². The largest absolute Gasteiger partial charge is 0.444 e. The quantitative estimate of drug-likeness (QED) is 0.438. The highest BCUT2D eigenvalue weighted by Crippen LogP contribution is 2.41. The van der Waals surface area contributed by atoms with E-state index in [1.165, 1.54) is 4.31 Å². The van der Waals surface area contributed by atoms with Gasteiger partial charge in [-0.15, -0.1) is 0 Å². The number of piperidine rings is 1. The average molecular weight is 556 g/mol. The van der Waals surface area contributed by atoms with Crippen molar-refractivity contribution in [1.29, 1.82) is 0 Å². The van der Waals surface area contributed by atoms with Crippen molar-refractivity contribution in [2.75, 3.05) is 46.3 Å². The van der Waals surface area contributed by atoms with E-state index in [9.17, 15) is 13.2 Å². The molecule has 0 bridgehead atoms. The van der Waals surface area contributed by atoms with Crippen molar-refractivity contribution in [2.45, 2.75) is 69.3 Å². The zero-order valence-electron chi connectivity index (χ0n) is 24.2. The molecule has 4 rings (SSSR count). The number of sulfonamides is 1. The fourth-order valence-corrected chi connectivity index (χ4v) is 7.30. The van der Waals surface area contributed by atoms with E-state index in [-0.39, 0.29) is 16.9 Å². The van der Waals surface area contributed by atoms with Crippen LogP contribution in [0.1, 0.15) is 58.9 Å². The Morgan fingerprint density at radius 3 is 2.08 bits per heavy atom. The second kappa shape index (κ2) is 11.6. The van der Waals surface area contributed by atoms with E-state index in [1.807, 2.05) is 49.9 Å². The molecule has 2 aromatic carbocycles. The lowest BCUT2D eigenvalue weighted by Crippen LogP contribution is -2.46. The third-order valence-electron chi connectivity index (χ3n) is 8.48. The Kier molecular flexibility index (Phi) is 8.79. The SMILES string of the molecule is CN(C[C@@](C)(CCN1CCC2(CC1)CCN(C(=O)OC(C)(C)C)C2)c1ccccc1)S(=O)(=O)c1ccccc1. The van der Waals surface area contributed by atoms with Gasteiger partial charge in [0.1, 0.15) is 5.60 Å². The fourth-order valence-electron chi connectivity index (χ4n) is 5.99. The van der Waals surface area contributed by atoms with Crippen LogP contribution >= 0.6 is 0 Å². The summed E-state index contributed by atoms with van der Waals surface area (Å²) in [5.41, 5.74) is 0.516. The predicted molar refractivity (Wildman–Crippen MR) is 155 cm³/mol. The van der Waals surface area contributed by atoms with Gasteiger partial charge in [0.2, 0.25) is 10.0 Å². The predicted octanol–water partition coefficient (Wildman–Crippen LogP) is 5.38. The minimum absolute atomic E-state index is 0.181. The number of likely N-dealkylation sites (N-methyl/N-ethyl adjacent to an activating group) is 1. The van der Waals surface area contributed by atoms with Gasteiger partial charge in [-0.05, 0) is 89.2 Å². The van der Waals surface area contributed by atoms with Crippen LogP contribution in [-0.4, -0.2) is 80.5 Å². The standard InChI is InChI=1S/C31H45N3O4S/c1-29(2,3)38-28(35)34-23-19-31(25-34)17-21-33(22-18-31)20-16-30(4,26-12-8-6-9-13-26)24-32(5)39(36,37)27-14-10-7-11-15-27/h6-15H,16-25H2,1-5H3/t30-/m1/s1. The van der Waals surface area contributed by atoms with Gasteiger partial charge < -0.3 is 14.5 Å². The van der Waals surface area contributed by atoms with Crippen LogP contribution in [0.15, 0.2) is 65.6 Å². The zero-order chi connectivity index (χ0) is 28.3. The first kappa shape index (κ1) is 29.6. The minimum Gasteiger partial charge on any atom is -0.444 e. The summed E-state index contributed by atoms with van der Waals surface area (Å²) >= 11 is 0. The number of ether oxygens (including phenoxy) is 1. The highest BCUT2D eigenvalue weighted by atomic mass is 32.2. The Morgan fingerprint density at radius 1 is 0.923 bits per heavy atom. The van der Waals surface area contributed by atoms with Crippen molar-refractivity contribution in [2.24, 2.45) is 5.41 Å². The molecule has 1 spiro atoms. The van der Waals surface area contributed by atoms with Crippen molar-refractivity contribution in [3.05, 3.63) is 66.2 Å². The number of rotatable bonds is 8. The molecule has 7 nitrogen and oxygen atoms in total. The molecule has 0 N–H and O–H groups in total. The van der Waals surface area contributed by atoms with E-state index in [1.54, 1.807) is 31.3 Å². The molecule has 1 atom stereocenters. The molecule has 0 radical (unpaired) electrons. The number of nitrogens with zero attached hydrogens (tertiary/aromatic N) is 3. The maximum absolute atomic E-state index is 13.3. The van der Waals surface area contributed by atoms with Gasteiger partial charge in [0.25, 0.3) is 0 Å². The minimum atomic E-state index is -3.59. The maximum Gasteiger partial charge on any atom is 0.410 e. The summed E-state index contributed by atoms with van der Waals surface area (Å²) < 4.78 is 33.8. The zero-order valence-corrected chi connectivity index (χ0v) is 25.0. The molecule has 2 saturated heterocycles. The lowest BCUT2D eigenvalue weighted by Gasteiger charge is -2.41. The van der Waals surface area contributed by atoms with E-state index < -0.39 is 15.6 Å². The van der Waals surface area contributed by atoms with Crippen molar-refractivity contribution in [3.63, 3.8) is 0 Å². The summed E-state index contributed by atoms with van der Waals surface area (Å²) in [7, 11) is -1.90. The Balaban J connectivity index is 1.38. The second-order valence-corrected chi connectivity index (χ2v) is 14.8. The molecule has 2 heterocycles. The summed E-state index contributed by atoms with van der Waals surface area (Å²) in [4.78, 5) is 17.3. The van der Waals surface area contributed by atoms with Crippen LogP contribution in [-0.2, 0) is 20.2 Å². The van der Waals surface area contributed by atoms with Gasteiger partial charge in [-0.3, -0.25) is 0 Å². The summed E-state index contributed by atoms with van der Waals surface area (Å²) in [5.74, 6) is 0. The highest BCUT2D eigenvalue weighted by Gasteiger charge is 2.43. The van der Waals surface area contributed by atoms with Gasteiger partial charge in [0.15, 0.2) is 0 Å². The van der Waals surface area contributed by atoms with E-state index in [0.717, 1.165) is 64.0 Å². The number of hydrogen-bond acceptors (Lipinski definition) is 5. The van der Waals surface area contributed by atoms with Gasteiger partial charge in [0.05, 0.1) is 4.90 Å². The first-order valence-electron chi connectivity index (χ1n) is 14.1. The summed E-state index contributed by atoms with van der Waals surface area (Å²) in [6, 6.07) is 18.9. The molecule has 214 valence electrons. The second-order valence-electron chi connectivity index (χ2n) is 12.7. The molecule has 0 saturated carbocycles. The molecule has 39 heavy (non-hydrogen) atoms. The number of likely N-dealkylation sites (tertiary alicyclic amines) is 2. The van der Waals surface area contributed by atoms with Gasteiger partial charge in [0, 0.05) is 32.1 Å². The van der Waals surface area contributed by atoms with Gasteiger partial charge in [-0.1, -0.05) is 55.5 Å². The smallest absolute Gasteiger partial charge is 0.410 e. The van der Waals surface area contributed by atoms with Crippen LogP contribution in [0.2, 0.25) is 0 Å². The monoisotopic (exact) mass is 555 g/mol. The fraction of sp³-hybridized carbons (Fsp3) is 0.581. The van der Waals surface area contributed by atoms with Crippen LogP contribution in [0, 0.1) is 5.41 Å². The molecule has 2 aromatic rings. The molecule has 0 aliphatic carbocycles. The molecule has 8 heteroatoms. The van der Waals surface area contributed by atoms with Crippen LogP contribution < -0.4 is 0 Å². The Bertz CT molecular complexity index is 1210. The molecular weight excluding hydrogens is 510 g/mol. The Morgan fingerprint density at radius 2 is 1.49 bits per heavy atom. The van der Waals surface area contributed by atoms with Crippen molar-refractivity contribution >= 4 is 16.1 Å². The van der Waals surface area contributed by atoms with E-state index in [4.69, 9.17) is 4.74 Å². The van der Waals surface area contributed by atoms with E-state index in [2.05, 4.69) is 24.0 Å². The number of amides is 1. The molecule has 2 fully saturated rings. The van der Waals surface area contributed by atoms with Crippen molar-refractivity contribution < 1.29 is 17.9 Å². The van der Waals surface area contributed by atoms with Crippen molar-refractivity contribution in [3.8, 4) is 0 Å². The highest BCUT2D eigenvalue weighted by molar-refractivity contribution is 7.89. The molecular formula is C31H45N3O4S. The average Bonchev–Trinajstić information content (AvgIpc) is 3.32. The van der Waals surface area contributed by atoms with Crippen LogP contribution in [0.4, 0.5) is 4.79 Å². The topological polar surface area (TPSA) is 70.2 Å². The lowest BCUT2D eigenvalue weighted by molar-refractivity contribution is 0.0245. The molecule has 2 aliphatic heterocycles.